The molecule has 2 amide bonds. The van der Waals surface area contributed by atoms with Gasteiger partial charge in [-0.15, -0.1) is 0 Å². The van der Waals surface area contributed by atoms with Crippen LogP contribution in [0.1, 0.15) is 31.4 Å². The second-order valence-corrected chi connectivity index (χ2v) is 5.76. The lowest BCUT2D eigenvalue weighted by molar-refractivity contribution is 0.159. The Morgan fingerprint density at radius 3 is 2.75 bits per heavy atom. The number of hydrogen-bond acceptors (Lipinski definition) is 2. The van der Waals surface area contributed by atoms with Crippen LogP contribution in [0.4, 0.5) is 4.79 Å². The van der Waals surface area contributed by atoms with E-state index in [0.29, 0.717) is 6.04 Å². The zero-order valence-corrected chi connectivity index (χ0v) is 12.1. The molecule has 20 heavy (non-hydrogen) atoms. The summed E-state index contributed by atoms with van der Waals surface area (Å²) in [6.45, 7) is 5.85. The van der Waals surface area contributed by atoms with Crippen molar-refractivity contribution in [3.63, 3.8) is 0 Å². The minimum Gasteiger partial charge on any atom is -0.319 e. The summed E-state index contributed by atoms with van der Waals surface area (Å²) in [6, 6.07) is 11.0. The molecule has 0 aromatic heterocycles. The molecule has 0 saturated carbocycles. The number of carbonyl (C=O) groups is 1. The molecular formula is C16H23N3O. The normalized spacial score (nSPS) is 25.1. The van der Waals surface area contributed by atoms with Gasteiger partial charge in [-0.1, -0.05) is 30.3 Å². The van der Waals surface area contributed by atoms with E-state index in [1.165, 1.54) is 12.0 Å². The highest BCUT2D eigenvalue weighted by Gasteiger charge is 2.36. The predicted octanol–water partition coefficient (Wildman–Crippen LogP) is 2.24. The van der Waals surface area contributed by atoms with Crippen LogP contribution in [0.2, 0.25) is 0 Å². The van der Waals surface area contributed by atoms with Gasteiger partial charge in [-0.2, -0.15) is 0 Å². The molecule has 1 N–H and O–H groups in total. The fraction of sp³-hybridized carbons (Fsp3) is 0.562. The van der Waals surface area contributed by atoms with Crippen molar-refractivity contribution < 1.29 is 4.79 Å². The van der Waals surface area contributed by atoms with E-state index in [9.17, 15) is 4.79 Å². The van der Waals surface area contributed by atoms with E-state index in [1.807, 2.05) is 23.1 Å². The Morgan fingerprint density at radius 2 is 2.05 bits per heavy atom. The van der Waals surface area contributed by atoms with Gasteiger partial charge in [-0.25, -0.2) is 4.79 Å². The highest BCUT2D eigenvalue weighted by Crippen LogP contribution is 2.26. The van der Waals surface area contributed by atoms with Crippen LogP contribution in [0, 0.1) is 0 Å². The zero-order valence-electron chi connectivity index (χ0n) is 12.1. The van der Waals surface area contributed by atoms with Gasteiger partial charge in [0.15, 0.2) is 0 Å². The molecule has 2 heterocycles. The average Bonchev–Trinajstić information content (AvgIpc) is 2.90. The Kier molecular flexibility index (Phi) is 3.92. The molecule has 1 unspecified atom stereocenters. The zero-order chi connectivity index (χ0) is 13.9. The molecule has 0 aliphatic carbocycles. The molecule has 0 spiro atoms. The summed E-state index contributed by atoms with van der Waals surface area (Å²) < 4.78 is 0. The lowest BCUT2D eigenvalue weighted by Crippen LogP contribution is -2.47. The van der Waals surface area contributed by atoms with Crippen LogP contribution < -0.4 is 5.32 Å². The molecule has 2 saturated heterocycles. The van der Waals surface area contributed by atoms with Crippen molar-refractivity contribution in [1.29, 1.82) is 0 Å². The first kappa shape index (κ1) is 13.4. The highest BCUT2D eigenvalue weighted by atomic mass is 16.2. The number of benzene rings is 1. The third-order valence-corrected chi connectivity index (χ3v) is 4.53. The maximum Gasteiger partial charge on any atom is 0.320 e. The SMILES string of the molecule is CC(c1ccccc1)N1CCN([C@H]2CCCNC2)C1=O. The monoisotopic (exact) mass is 273 g/mol. The van der Waals surface area contributed by atoms with E-state index >= 15 is 0 Å². The summed E-state index contributed by atoms with van der Waals surface area (Å²) in [6.07, 6.45) is 2.30. The number of nitrogens with zero attached hydrogens (tertiary/aromatic N) is 2. The third-order valence-electron chi connectivity index (χ3n) is 4.53. The van der Waals surface area contributed by atoms with Gasteiger partial charge < -0.3 is 15.1 Å². The quantitative estimate of drug-likeness (QED) is 0.916. The molecule has 0 bridgehead atoms. The molecule has 4 heteroatoms. The lowest BCUT2D eigenvalue weighted by Gasteiger charge is -2.32. The Labute approximate surface area is 120 Å². The molecule has 4 nitrogen and oxygen atoms in total. The van der Waals surface area contributed by atoms with Crippen molar-refractivity contribution >= 4 is 6.03 Å². The van der Waals surface area contributed by atoms with E-state index < -0.39 is 0 Å². The molecule has 1 aromatic carbocycles. The van der Waals surface area contributed by atoms with Crippen LogP contribution in [0.3, 0.4) is 0 Å². The van der Waals surface area contributed by atoms with E-state index in [2.05, 4.69) is 29.3 Å². The van der Waals surface area contributed by atoms with Crippen molar-refractivity contribution in [1.82, 2.24) is 15.1 Å². The van der Waals surface area contributed by atoms with Gasteiger partial charge in [-0.3, -0.25) is 0 Å². The minimum atomic E-state index is 0.158. The maximum atomic E-state index is 12.6. The van der Waals surface area contributed by atoms with Gasteiger partial charge in [0.1, 0.15) is 0 Å². The van der Waals surface area contributed by atoms with E-state index in [4.69, 9.17) is 0 Å². The van der Waals surface area contributed by atoms with Crippen molar-refractivity contribution in [2.24, 2.45) is 0 Å². The Hall–Kier alpha value is -1.55. The summed E-state index contributed by atoms with van der Waals surface area (Å²) in [4.78, 5) is 16.7. The van der Waals surface area contributed by atoms with Crippen LogP contribution >= 0.6 is 0 Å². The van der Waals surface area contributed by atoms with Crippen molar-refractivity contribution in [2.75, 3.05) is 26.2 Å². The van der Waals surface area contributed by atoms with Crippen LogP contribution in [-0.2, 0) is 0 Å². The number of amides is 2. The predicted molar refractivity (Wildman–Crippen MR) is 79.6 cm³/mol. The van der Waals surface area contributed by atoms with Crippen LogP contribution in [0.15, 0.2) is 30.3 Å². The molecular weight excluding hydrogens is 250 g/mol. The molecule has 2 aliphatic rings. The number of rotatable bonds is 3. The summed E-state index contributed by atoms with van der Waals surface area (Å²) in [5, 5.41) is 3.40. The number of carbonyl (C=O) groups excluding carboxylic acids is 1. The second-order valence-electron chi connectivity index (χ2n) is 5.76. The number of piperidine rings is 1. The lowest BCUT2D eigenvalue weighted by atomic mass is 10.1. The molecule has 3 rings (SSSR count). The number of nitrogens with one attached hydrogen (secondary N) is 1. The number of hydrogen-bond donors (Lipinski definition) is 1. The van der Waals surface area contributed by atoms with Crippen LogP contribution in [0.5, 0.6) is 0 Å². The minimum absolute atomic E-state index is 0.158. The highest BCUT2D eigenvalue weighted by molar-refractivity contribution is 5.77. The molecule has 0 radical (unpaired) electrons. The largest absolute Gasteiger partial charge is 0.320 e. The van der Waals surface area contributed by atoms with Gasteiger partial charge in [0.2, 0.25) is 0 Å². The molecule has 2 fully saturated rings. The first-order chi connectivity index (χ1) is 9.77. The van der Waals surface area contributed by atoms with E-state index in [1.54, 1.807) is 0 Å². The molecule has 1 aromatic rings. The van der Waals surface area contributed by atoms with E-state index in [0.717, 1.165) is 32.6 Å². The summed E-state index contributed by atoms with van der Waals surface area (Å²) in [5.74, 6) is 0. The fourth-order valence-corrected chi connectivity index (χ4v) is 3.28. The van der Waals surface area contributed by atoms with Crippen molar-refractivity contribution in [2.45, 2.75) is 31.8 Å². The summed E-state index contributed by atoms with van der Waals surface area (Å²) in [5.41, 5.74) is 1.21. The Balaban J connectivity index is 1.69. The summed E-state index contributed by atoms with van der Waals surface area (Å²) in [7, 11) is 0. The first-order valence-corrected chi connectivity index (χ1v) is 7.60. The van der Waals surface area contributed by atoms with E-state index in [-0.39, 0.29) is 12.1 Å². The molecule has 2 atom stereocenters. The standard InChI is InChI=1S/C16H23N3O/c1-13(14-6-3-2-4-7-14)18-10-11-19(16(18)20)15-8-5-9-17-12-15/h2-4,6-7,13,15,17H,5,8-12H2,1H3/t13?,15-/m0/s1. The fourth-order valence-electron chi connectivity index (χ4n) is 3.28. The van der Waals surface area contributed by atoms with Gasteiger partial charge in [0, 0.05) is 25.7 Å². The Morgan fingerprint density at radius 1 is 1.25 bits per heavy atom. The second kappa shape index (κ2) is 5.83. The van der Waals surface area contributed by atoms with Gasteiger partial charge >= 0.3 is 6.03 Å². The molecule has 108 valence electrons. The average molecular weight is 273 g/mol. The number of urea groups is 1. The van der Waals surface area contributed by atoms with Crippen molar-refractivity contribution in [3.05, 3.63) is 35.9 Å². The van der Waals surface area contributed by atoms with Crippen LogP contribution in [0.25, 0.3) is 0 Å². The van der Waals surface area contributed by atoms with Gasteiger partial charge in [0.25, 0.3) is 0 Å². The first-order valence-electron chi connectivity index (χ1n) is 7.60. The summed E-state index contributed by atoms with van der Waals surface area (Å²) >= 11 is 0. The molecule has 2 aliphatic heterocycles. The van der Waals surface area contributed by atoms with Gasteiger partial charge in [-0.05, 0) is 31.9 Å². The van der Waals surface area contributed by atoms with Crippen molar-refractivity contribution in [3.8, 4) is 0 Å². The third kappa shape index (κ3) is 2.52. The smallest absolute Gasteiger partial charge is 0.319 e. The van der Waals surface area contributed by atoms with Crippen LogP contribution in [-0.4, -0.2) is 48.1 Å². The van der Waals surface area contributed by atoms with Gasteiger partial charge in [0.05, 0.1) is 6.04 Å². The Bertz CT molecular complexity index is 456. The maximum absolute atomic E-state index is 12.6. The topological polar surface area (TPSA) is 35.6 Å².